The first-order valence-electron chi connectivity index (χ1n) is 11.3. The Bertz CT molecular complexity index is 1630. The van der Waals surface area contributed by atoms with Gasteiger partial charge in [-0.2, -0.15) is 0 Å². The molecule has 0 atom stereocenters. The summed E-state index contributed by atoms with van der Waals surface area (Å²) in [7, 11) is -5.40. The summed E-state index contributed by atoms with van der Waals surface area (Å²) in [5.74, 6) is -5.90. The van der Waals surface area contributed by atoms with Crippen molar-refractivity contribution in [1.29, 1.82) is 0 Å². The second-order valence-corrected chi connectivity index (χ2v) is 15.2. The summed E-state index contributed by atoms with van der Waals surface area (Å²) < 4.78 is 105. The molecule has 15 heteroatoms. The Morgan fingerprint density at radius 2 is 1.17 bits per heavy atom. The lowest BCUT2D eigenvalue weighted by atomic mass is 10.2. The van der Waals surface area contributed by atoms with Crippen LogP contribution in [0.4, 0.5) is 22.0 Å². The zero-order chi connectivity index (χ0) is 31.2. The van der Waals surface area contributed by atoms with Crippen LogP contribution >= 0.6 is 67.8 Å². The highest BCUT2D eigenvalue weighted by atomic mass is 127. The molecule has 0 N–H and O–H groups in total. The van der Waals surface area contributed by atoms with Gasteiger partial charge >= 0.3 is 5.97 Å². The van der Waals surface area contributed by atoms with Crippen molar-refractivity contribution in [2.75, 3.05) is 12.4 Å². The molecule has 0 amide bonds. The van der Waals surface area contributed by atoms with Crippen LogP contribution in [0, 0.1) is 39.8 Å². The van der Waals surface area contributed by atoms with Gasteiger partial charge in [-0.3, -0.25) is 0 Å². The Balaban J connectivity index is 0.000000241. The Kier molecular flexibility index (Phi) is 12.8. The number of halogens is 8. The molecule has 4 aromatic carbocycles. The predicted molar refractivity (Wildman–Crippen MR) is 171 cm³/mol. The third kappa shape index (κ3) is 10.00. The van der Waals surface area contributed by atoms with E-state index in [2.05, 4.69) is 22.6 Å². The molecule has 0 saturated heterocycles. The lowest BCUT2D eigenvalue weighted by Gasteiger charge is -2.10. The number of benzene rings is 4. The summed E-state index contributed by atoms with van der Waals surface area (Å²) in [6, 6.07) is 15.7. The average Bonchev–Trinajstić information content (AvgIpc) is 2.88. The van der Waals surface area contributed by atoms with Crippen LogP contribution in [0.5, 0.6) is 0 Å². The molecule has 42 heavy (non-hydrogen) atoms. The largest absolute Gasteiger partial charge is 0.748 e. The summed E-state index contributed by atoms with van der Waals surface area (Å²) in [6.45, 7) is -0.428. The van der Waals surface area contributed by atoms with E-state index in [1.165, 1.54) is 36.4 Å². The fourth-order valence-corrected chi connectivity index (χ4v) is 9.62. The van der Waals surface area contributed by atoms with Crippen LogP contribution in [0.3, 0.4) is 0 Å². The molecule has 0 fully saturated rings. The summed E-state index contributed by atoms with van der Waals surface area (Å²) >= 11 is 6.14. The van der Waals surface area contributed by atoms with Crippen molar-refractivity contribution >= 4 is 94.8 Å². The Morgan fingerprint density at radius 3 is 1.60 bits per heavy atom. The molecule has 0 aliphatic carbocycles. The second kappa shape index (κ2) is 15.4. The van der Waals surface area contributed by atoms with E-state index in [-0.39, 0.29) is 0 Å². The molecule has 0 aromatic heterocycles. The molecule has 4 rings (SSSR count). The summed E-state index contributed by atoms with van der Waals surface area (Å²) in [4.78, 5) is 13.0. The zero-order valence-corrected chi connectivity index (χ0v) is 28.8. The first-order chi connectivity index (χ1) is 19.7. The van der Waals surface area contributed by atoms with Crippen LogP contribution in [0.1, 0.15) is 10.4 Å². The van der Waals surface area contributed by atoms with E-state index in [0.717, 1.165) is 35.0 Å². The Morgan fingerprint density at radius 1 is 0.714 bits per heavy atom. The second-order valence-electron chi connectivity index (χ2n) is 8.05. The van der Waals surface area contributed by atoms with E-state index < -0.39 is 68.4 Å². The van der Waals surface area contributed by atoms with E-state index in [1.807, 2.05) is 57.3 Å². The van der Waals surface area contributed by atoms with Gasteiger partial charge in [0.2, 0.25) is 0 Å². The maximum atomic E-state index is 13.6. The van der Waals surface area contributed by atoms with Gasteiger partial charge in [0.1, 0.15) is 12.4 Å². The minimum atomic E-state index is -4.36. The number of hydrogen-bond donors (Lipinski definition) is 0. The number of ether oxygens (including phenoxy) is 1. The van der Waals surface area contributed by atoms with E-state index in [9.17, 15) is 39.7 Å². The Labute approximate surface area is 281 Å². The minimum absolute atomic E-state index is 0.367. The number of hydrogen-bond acceptors (Lipinski definition) is 5. The van der Waals surface area contributed by atoms with Gasteiger partial charge in [-0.15, -0.1) is 0 Å². The molecule has 0 bridgehead atoms. The lowest BCUT2D eigenvalue weighted by Crippen LogP contribution is -2.16. The van der Waals surface area contributed by atoms with Crippen molar-refractivity contribution in [3.63, 3.8) is 0 Å². The van der Waals surface area contributed by atoms with E-state index in [0.29, 0.717) is 20.2 Å². The van der Waals surface area contributed by atoms with Gasteiger partial charge in [-0.25, -0.2) is 35.2 Å². The highest BCUT2D eigenvalue weighted by molar-refractivity contribution is 14.1. The van der Waals surface area contributed by atoms with Gasteiger partial charge in [0.05, 0.1) is 32.3 Å². The van der Waals surface area contributed by atoms with Gasteiger partial charge in [0.25, 0.3) is 0 Å². The van der Waals surface area contributed by atoms with Gasteiger partial charge in [0, 0.05) is 22.8 Å². The van der Waals surface area contributed by atoms with Crippen LogP contribution in [-0.4, -0.2) is 31.3 Å². The molecular formula is C27H16F5I3O5S2. The summed E-state index contributed by atoms with van der Waals surface area (Å²) in [5.41, 5.74) is 0.389. The van der Waals surface area contributed by atoms with Crippen molar-refractivity contribution in [1.82, 2.24) is 0 Å². The van der Waals surface area contributed by atoms with Gasteiger partial charge in [-0.05, 0) is 128 Å². The molecule has 0 heterocycles. The lowest BCUT2D eigenvalue weighted by molar-refractivity contribution is 0.0525. The number of rotatable bonds is 7. The van der Waals surface area contributed by atoms with E-state index in [1.54, 1.807) is 0 Å². The molecule has 0 radical (unpaired) electrons. The van der Waals surface area contributed by atoms with Gasteiger partial charge in [-0.1, -0.05) is 0 Å². The fourth-order valence-electron chi connectivity index (χ4n) is 3.23. The standard InChI is InChI=1S/C18H10F5S.C9H7I3O5S/c19-11-1-3-12(4-2-11)24(13-5-7-15(20)17(22)9-13)14-6-8-16(21)18(23)10-14;10-5-3-6(11)8(7(12)4-5)9(13)17-1-2-18(14,15)16/h1-10H;3-4H,1-2H2,(H,14,15,16)/q+1;/p-1. The third-order valence-corrected chi connectivity index (χ3v) is 10.3. The Hall–Kier alpha value is -1.55. The van der Waals surface area contributed by atoms with Crippen molar-refractivity contribution in [3.05, 3.63) is 118 Å². The van der Waals surface area contributed by atoms with Crippen LogP contribution < -0.4 is 0 Å². The first-order valence-corrected chi connectivity index (χ1v) is 17.4. The van der Waals surface area contributed by atoms with Gasteiger partial charge in [0.15, 0.2) is 38.0 Å². The maximum absolute atomic E-state index is 13.6. The number of carbonyl (C=O) groups excluding carboxylic acids is 1. The number of carbonyl (C=O) groups is 1. The molecule has 0 aliphatic heterocycles. The molecule has 5 nitrogen and oxygen atoms in total. The van der Waals surface area contributed by atoms with Crippen molar-refractivity contribution in [2.24, 2.45) is 0 Å². The minimum Gasteiger partial charge on any atom is -0.748 e. The van der Waals surface area contributed by atoms with E-state index in [4.69, 9.17) is 4.74 Å². The first kappa shape index (κ1) is 34.9. The van der Waals surface area contributed by atoms with Crippen molar-refractivity contribution < 1.29 is 44.5 Å². The van der Waals surface area contributed by atoms with Crippen LogP contribution in [0.15, 0.2) is 87.5 Å². The summed E-state index contributed by atoms with van der Waals surface area (Å²) in [5, 5.41) is 0. The predicted octanol–water partition coefficient (Wildman–Crippen LogP) is 7.68. The average molecular weight is 960 g/mol. The van der Waals surface area contributed by atoms with Crippen LogP contribution in [0.2, 0.25) is 0 Å². The third-order valence-electron chi connectivity index (χ3n) is 5.08. The van der Waals surface area contributed by atoms with Crippen molar-refractivity contribution in [2.45, 2.75) is 14.7 Å². The SMILES string of the molecule is Fc1ccc([S+](c2ccc(F)c(F)c2)c2ccc(F)c(F)c2)cc1.O=C(OCCS(=O)(=O)[O-])c1c(I)cc(I)cc1I. The highest BCUT2D eigenvalue weighted by Gasteiger charge is 2.31. The molecule has 0 saturated carbocycles. The van der Waals surface area contributed by atoms with Crippen molar-refractivity contribution in [3.8, 4) is 0 Å². The van der Waals surface area contributed by atoms with E-state index >= 15 is 0 Å². The normalized spacial score (nSPS) is 11.2. The molecule has 222 valence electrons. The van der Waals surface area contributed by atoms with Crippen LogP contribution in [-0.2, 0) is 25.7 Å². The summed E-state index contributed by atoms with van der Waals surface area (Å²) in [6.07, 6.45) is 0. The van der Waals surface area contributed by atoms with Crippen LogP contribution in [0.25, 0.3) is 0 Å². The highest BCUT2D eigenvalue weighted by Crippen LogP contribution is 2.33. The zero-order valence-electron chi connectivity index (χ0n) is 20.7. The quantitative estimate of drug-likeness (QED) is 0.0625. The molecule has 4 aromatic rings. The molecule has 0 spiro atoms. The maximum Gasteiger partial charge on any atom is 0.340 e. The van der Waals surface area contributed by atoms with Gasteiger partial charge < -0.3 is 9.29 Å². The monoisotopic (exact) mass is 960 g/mol. The smallest absolute Gasteiger partial charge is 0.340 e. The molecule has 0 unspecified atom stereocenters. The molecule has 0 aliphatic rings. The topological polar surface area (TPSA) is 83.5 Å². The fraction of sp³-hybridized carbons (Fsp3) is 0.0741. The number of esters is 1. The molecular weight excluding hydrogens is 944 g/mol.